The zero-order valence-corrected chi connectivity index (χ0v) is 18.6. The van der Waals surface area contributed by atoms with Gasteiger partial charge in [-0.25, -0.2) is 24.1 Å². The molecule has 1 aliphatic rings. The fourth-order valence-electron chi connectivity index (χ4n) is 4.26. The standard InChI is InChI=1S/C26H22FN5O2/c1-26(2)22(17-6-4-3-5-7-17)32(25(33)34-26)20-10-8-16(9-11-20)18-12-21(23(28)29-13-18)24-30-14-19(27)15-31-24/h3-15,22H,1-2H3,(H2,28,29)/t22-/m0/s1. The average molecular weight is 455 g/mol. The summed E-state index contributed by atoms with van der Waals surface area (Å²) in [6, 6.07) is 18.9. The van der Waals surface area contributed by atoms with E-state index in [1.807, 2.05) is 74.5 Å². The van der Waals surface area contributed by atoms with Gasteiger partial charge in [0.2, 0.25) is 0 Å². The number of rotatable bonds is 4. The molecule has 1 fully saturated rings. The van der Waals surface area contributed by atoms with Gasteiger partial charge in [-0.1, -0.05) is 42.5 Å². The first-order chi connectivity index (χ1) is 16.3. The minimum Gasteiger partial charge on any atom is -0.441 e. The average Bonchev–Trinajstić information content (AvgIpc) is 3.08. The van der Waals surface area contributed by atoms with Crippen molar-refractivity contribution >= 4 is 17.6 Å². The number of carbonyl (C=O) groups is 1. The lowest BCUT2D eigenvalue weighted by Gasteiger charge is -2.29. The molecular weight excluding hydrogens is 433 g/mol. The number of nitrogens with zero attached hydrogens (tertiary/aromatic N) is 4. The van der Waals surface area contributed by atoms with E-state index in [-0.39, 0.29) is 17.7 Å². The van der Waals surface area contributed by atoms with E-state index in [9.17, 15) is 9.18 Å². The number of anilines is 2. The number of pyridine rings is 1. The zero-order chi connectivity index (χ0) is 23.9. The lowest BCUT2D eigenvalue weighted by Crippen LogP contribution is -2.33. The molecule has 170 valence electrons. The van der Waals surface area contributed by atoms with Gasteiger partial charge in [-0.05, 0) is 43.2 Å². The molecule has 0 saturated carbocycles. The number of nitrogen functional groups attached to an aromatic ring is 1. The highest BCUT2D eigenvalue weighted by Crippen LogP contribution is 2.44. The van der Waals surface area contributed by atoms with E-state index in [1.54, 1.807) is 11.1 Å². The molecule has 0 bridgehead atoms. The molecule has 5 rings (SSSR count). The molecule has 1 amide bonds. The van der Waals surface area contributed by atoms with Gasteiger partial charge in [0, 0.05) is 17.4 Å². The largest absolute Gasteiger partial charge is 0.441 e. The fraction of sp³-hybridized carbons (Fsp3) is 0.154. The molecule has 3 heterocycles. The van der Waals surface area contributed by atoms with E-state index in [2.05, 4.69) is 15.0 Å². The number of cyclic esters (lactones) is 1. The number of ether oxygens (including phenoxy) is 1. The summed E-state index contributed by atoms with van der Waals surface area (Å²) in [5.41, 5.74) is 9.19. The van der Waals surface area contributed by atoms with Gasteiger partial charge in [-0.3, -0.25) is 4.90 Å². The van der Waals surface area contributed by atoms with Gasteiger partial charge in [0.15, 0.2) is 11.6 Å². The summed E-state index contributed by atoms with van der Waals surface area (Å²) < 4.78 is 18.9. The Labute approximate surface area is 196 Å². The zero-order valence-electron chi connectivity index (χ0n) is 18.6. The molecule has 7 nitrogen and oxygen atoms in total. The van der Waals surface area contributed by atoms with Crippen LogP contribution in [0, 0.1) is 5.82 Å². The van der Waals surface area contributed by atoms with Crippen molar-refractivity contribution in [3.05, 3.63) is 90.6 Å². The Morgan fingerprint density at radius 3 is 2.29 bits per heavy atom. The maximum atomic E-state index is 13.2. The van der Waals surface area contributed by atoms with Crippen LogP contribution in [-0.2, 0) is 4.74 Å². The third-order valence-corrected chi connectivity index (χ3v) is 5.84. The third kappa shape index (κ3) is 3.83. The van der Waals surface area contributed by atoms with E-state index >= 15 is 0 Å². The van der Waals surface area contributed by atoms with Gasteiger partial charge in [-0.15, -0.1) is 0 Å². The molecule has 8 heteroatoms. The highest BCUT2D eigenvalue weighted by molar-refractivity contribution is 5.92. The first-order valence-electron chi connectivity index (χ1n) is 10.7. The third-order valence-electron chi connectivity index (χ3n) is 5.84. The van der Waals surface area contributed by atoms with Gasteiger partial charge in [0.25, 0.3) is 0 Å². The number of carbonyl (C=O) groups excluding carboxylic acids is 1. The maximum Gasteiger partial charge on any atom is 0.415 e. The monoisotopic (exact) mass is 455 g/mol. The molecule has 0 radical (unpaired) electrons. The Kier molecular flexibility index (Phi) is 5.20. The Hall–Kier alpha value is -4.33. The number of nitrogens with two attached hydrogens (primary N) is 1. The first kappa shape index (κ1) is 21.5. The number of aromatic nitrogens is 3. The number of hydrogen-bond donors (Lipinski definition) is 1. The summed E-state index contributed by atoms with van der Waals surface area (Å²) in [7, 11) is 0. The van der Waals surface area contributed by atoms with Crippen molar-refractivity contribution in [3.63, 3.8) is 0 Å². The highest BCUT2D eigenvalue weighted by Gasteiger charge is 2.49. The smallest absolute Gasteiger partial charge is 0.415 e. The quantitative estimate of drug-likeness (QED) is 0.443. The molecule has 34 heavy (non-hydrogen) atoms. The normalized spacial score (nSPS) is 17.0. The topological polar surface area (TPSA) is 94.2 Å². The van der Waals surface area contributed by atoms with E-state index < -0.39 is 17.5 Å². The molecular formula is C26H22FN5O2. The minimum atomic E-state index is -0.692. The number of benzene rings is 2. The lowest BCUT2D eigenvalue weighted by molar-refractivity contribution is 0.0685. The predicted octanol–water partition coefficient (Wildman–Crippen LogP) is 5.40. The van der Waals surface area contributed by atoms with E-state index in [4.69, 9.17) is 10.5 Å². The van der Waals surface area contributed by atoms with Crippen molar-refractivity contribution in [1.29, 1.82) is 0 Å². The molecule has 2 aromatic carbocycles. The van der Waals surface area contributed by atoms with Gasteiger partial charge >= 0.3 is 6.09 Å². The van der Waals surface area contributed by atoms with Crippen molar-refractivity contribution in [3.8, 4) is 22.5 Å². The van der Waals surface area contributed by atoms with Crippen molar-refractivity contribution < 1.29 is 13.9 Å². The van der Waals surface area contributed by atoms with Crippen molar-refractivity contribution in [2.24, 2.45) is 0 Å². The van der Waals surface area contributed by atoms with Crippen LogP contribution < -0.4 is 10.6 Å². The second-order valence-electron chi connectivity index (χ2n) is 8.58. The predicted molar refractivity (Wildman–Crippen MR) is 127 cm³/mol. The second-order valence-corrected chi connectivity index (χ2v) is 8.58. The molecule has 0 unspecified atom stereocenters. The van der Waals surface area contributed by atoms with E-state index in [0.29, 0.717) is 5.56 Å². The number of halogens is 1. The number of hydrogen-bond acceptors (Lipinski definition) is 6. The van der Waals surface area contributed by atoms with Gasteiger partial charge in [0.05, 0.1) is 18.0 Å². The Bertz CT molecular complexity index is 1340. The van der Waals surface area contributed by atoms with Crippen LogP contribution in [0.15, 0.2) is 79.3 Å². The van der Waals surface area contributed by atoms with Crippen LogP contribution in [0.25, 0.3) is 22.5 Å². The first-order valence-corrected chi connectivity index (χ1v) is 10.7. The Morgan fingerprint density at radius 1 is 0.941 bits per heavy atom. The van der Waals surface area contributed by atoms with Gasteiger partial charge < -0.3 is 10.5 Å². The van der Waals surface area contributed by atoms with Crippen LogP contribution in [0.4, 0.5) is 20.7 Å². The van der Waals surface area contributed by atoms with Crippen molar-refractivity contribution in [2.75, 3.05) is 10.6 Å². The summed E-state index contributed by atoms with van der Waals surface area (Å²) in [6.07, 6.45) is 3.43. The summed E-state index contributed by atoms with van der Waals surface area (Å²) >= 11 is 0. The molecule has 0 aliphatic carbocycles. The van der Waals surface area contributed by atoms with Gasteiger partial charge in [-0.2, -0.15) is 0 Å². The molecule has 4 aromatic rings. The molecule has 2 aromatic heterocycles. The summed E-state index contributed by atoms with van der Waals surface area (Å²) in [4.78, 5) is 26.8. The van der Waals surface area contributed by atoms with Crippen LogP contribution in [0.5, 0.6) is 0 Å². The van der Waals surface area contributed by atoms with Gasteiger partial charge in [0.1, 0.15) is 17.5 Å². The molecule has 1 atom stereocenters. The van der Waals surface area contributed by atoms with Crippen LogP contribution in [0.1, 0.15) is 25.5 Å². The summed E-state index contributed by atoms with van der Waals surface area (Å²) in [6.45, 7) is 3.83. The molecule has 0 spiro atoms. The van der Waals surface area contributed by atoms with Crippen molar-refractivity contribution in [2.45, 2.75) is 25.5 Å². The summed E-state index contributed by atoms with van der Waals surface area (Å²) in [5, 5.41) is 0. The summed E-state index contributed by atoms with van der Waals surface area (Å²) in [5.74, 6) is 0.0109. The number of amides is 1. The SMILES string of the molecule is CC1(C)OC(=O)N(c2ccc(-c3cnc(N)c(-c4ncc(F)cn4)c3)cc2)[C@H]1c1ccccc1. The Balaban J connectivity index is 1.49. The van der Waals surface area contributed by atoms with Crippen molar-refractivity contribution in [1.82, 2.24) is 15.0 Å². The van der Waals surface area contributed by atoms with Crippen LogP contribution in [0.3, 0.4) is 0 Å². The minimum absolute atomic E-state index is 0.250. The molecule has 1 saturated heterocycles. The van der Waals surface area contributed by atoms with Crippen LogP contribution >= 0.6 is 0 Å². The van der Waals surface area contributed by atoms with E-state index in [0.717, 1.165) is 34.8 Å². The molecule has 1 aliphatic heterocycles. The van der Waals surface area contributed by atoms with Crippen LogP contribution in [-0.4, -0.2) is 26.6 Å². The van der Waals surface area contributed by atoms with E-state index in [1.165, 1.54) is 0 Å². The fourth-order valence-corrected chi connectivity index (χ4v) is 4.26. The molecule has 2 N–H and O–H groups in total. The Morgan fingerprint density at radius 2 is 1.62 bits per heavy atom. The highest BCUT2D eigenvalue weighted by atomic mass is 19.1. The lowest BCUT2D eigenvalue weighted by atomic mass is 9.91. The maximum absolute atomic E-state index is 13.2. The van der Waals surface area contributed by atoms with Crippen LogP contribution in [0.2, 0.25) is 0 Å². The second kappa shape index (κ2) is 8.22.